The van der Waals surface area contributed by atoms with Crippen LogP contribution in [0.5, 0.6) is 0 Å². The number of hydrogen-bond donors (Lipinski definition) is 0. The Labute approximate surface area is 99.1 Å². The summed E-state index contributed by atoms with van der Waals surface area (Å²) in [6, 6.07) is -0.0739. The molecular formula is C13H25NO2. The van der Waals surface area contributed by atoms with Crippen molar-refractivity contribution < 1.29 is 9.53 Å². The molecular weight excluding hydrogens is 202 g/mol. The van der Waals surface area contributed by atoms with E-state index in [0.29, 0.717) is 17.8 Å². The van der Waals surface area contributed by atoms with Gasteiger partial charge in [0.05, 0.1) is 7.11 Å². The number of ether oxygens (including phenoxy) is 1. The summed E-state index contributed by atoms with van der Waals surface area (Å²) in [7, 11) is 1.48. The van der Waals surface area contributed by atoms with E-state index in [1.807, 2.05) is 0 Å². The molecule has 0 amide bonds. The fourth-order valence-electron chi connectivity index (χ4n) is 2.90. The van der Waals surface area contributed by atoms with Gasteiger partial charge in [-0.15, -0.1) is 0 Å². The first-order chi connectivity index (χ1) is 7.45. The van der Waals surface area contributed by atoms with E-state index in [4.69, 9.17) is 4.74 Å². The molecule has 1 fully saturated rings. The zero-order valence-electron chi connectivity index (χ0n) is 11.2. The monoisotopic (exact) mass is 227 g/mol. The van der Waals surface area contributed by atoms with Gasteiger partial charge in [-0.1, -0.05) is 27.7 Å². The smallest absolute Gasteiger partial charge is 0.323 e. The molecule has 16 heavy (non-hydrogen) atoms. The highest BCUT2D eigenvalue weighted by atomic mass is 16.5. The summed E-state index contributed by atoms with van der Waals surface area (Å²) in [5.41, 5.74) is 0. The third-order valence-corrected chi connectivity index (χ3v) is 3.36. The van der Waals surface area contributed by atoms with Gasteiger partial charge in [-0.05, 0) is 24.2 Å². The summed E-state index contributed by atoms with van der Waals surface area (Å²) < 4.78 is 4.92. The first-order valence-electron chi connectivity index (χ1n) is 6.27. The Bertz CT molecular complexity index is 230. The van der Waals surface area contributed by atoms with E-state index in [-0.39, 0.29) is 12.0 Å². The van der Waals surface area contributed by atoms with E-state index in [9.17, 15) is 4.79 Å². The summed E-state index contributed by atoms with van der Waals surface area (Å²) in [4.78, 5) is 14.1. The van der Waals surface area contributed by atoms with Crippen LogP contribution in [0.3, 0.4) is 0 Å². The summed E-state index contributed by atoms with van der Waals surface area (Å²) in [5, 5.41) is 0. The number of nitrogens with zero attached hydrogens (tertiary/aromatic N) is 1. The molecule has 1 rings (SSSR count). The van der Waals surface area contributed by atoms with Crippen LogP contribution < -0.4 is 0 Å². The Kier molecular flexibility index (Phi) is 4.78. The van der Waals surface area contributed by atoms with Gasteiger partial charge in [0.25, 0.3) is 0 Å². The zero-order valence-corrected chi connectivity index (χ0v) is 11.2. The van der Waals surface area contributed by atoms with Gasteiger partial charge in [0.1, 0.15) is 6.04 Å². The predicted molar refractivity (Wildman–Crippen MR) is 65.2 cm³/mol. The van der Waals surface area contributed by atoms with Crippen LogP contribution in [0, 0.1) is 17.8 Å². The maximum atomic E-state index is 11.8. The minimum atomic E-state index is -0.0868. The Morgan fingerprint density at radius 3 is 2.12 bits per heavy atom. The van der Waals surface area contributed by atoms with Crippen LogP contribution in [-0.2, 0) is 9.53 Å². The molecule has 0 aliphatic carbocycles. The molecule has 0 aromatic rings. The van der Waals surface area contributed by atoms with Gasteiger partial charge in [0.2, 0.25) is 0 Å². The van der Waals surface area contributed by atoms with Crippen molar-refractivity contribution in [3.8, 4) is 0 Å². The van der Waals surface area contributed by atoms with E-state index < -0.39 is 0 Å². The highest BCUT2D eigenvalue weighted by Gasteiger charge is 2.34. The second-order valence-corrected chi connectivity index (χ2v) is 5.61. The van der Waals surface area contributed by atoms with Crippen LogP contribution in [0.1, 0.15) is 34.1 Å². The quantitative estimate of drug-likeness (QED) is 0.692. The van der Waals surface area contributed by atoms with Crippen LogP contribution in [-0.4, -0.2) is 37.1 Å². The normalized spacial score (nSPS) is 29.1. The van der Waals surface area contributed by atoms with Gasteiger partial charge in [0, 0.05) is 13.1 Å². The van der Waals surface area contributed by atoms with Crippen molar-refractivity contribution in [2.24, 2.45) is 17.8 Å². The van der Waals surface area contributed by atoms with Gasteiger partial charge in [-0.3, -0.25) is 9.69 Å². The molecule has 0 aromatic heterocycles. The Morgan fingerprint density at radius 2 is 1.75 bits per heavy atom. The number of likely N-dealkylation sites (tertiary alicyclic amines) is 1. The Hall–Kier alpha value is -0.570. The topological polar surface area (TPSA) is 29.5 Å². The van der Waals surface area contributed by atoms with Gasteiger partial charge >= 0.3 is 5.97 Å². The minimum absolute atomic E-state index is 0.0739. The molecule has 0 unspecified atom stereocenters. The lowest BCUT2D eigenvalue weighted by Crippen LogP contribution is -2.51. The summed E-state index contributed by atoms with van der Waals surface area (Å²) in [6.45, 7) is 10.7. The van der Waals surface area contributed by atoms with E-state index >= 15 is 0 Å². The molecule has 1 saturated heterocycles. The number of rotatable bonds is 3. The van der Waals surface area contributed by atoms with Crippen molar-refractivity contribution in [3.63, 3.8) is 0 Å². The molecule has 94 valence electrons. The van der Waals surface area contributed by atoms with Crippen LogP contribution in [0.2, 0.25) is 0 Å². The molecule has 0 N–H and O–H groups in total. The number of hydrogen-bond acceptors (Lipinski definition) is 3. The molecule has 1 aliphatic rings. The minimum Gasteiger partial charge on any atom is -0.468 e. The molecule has 3 atom stereocenters. The number of esters is 1. The average Bonchev–Trinajstić information content (AvgIpc) is 2.15. The number of methoxy groups -OCH3 is 1. The van der Waals surface area contributed by atoms with Crippen molar-refractivity contribution in [3.05, 3.63) is 0 Å². The van der Waals surface area contributed by atoms with Crippen molar-refractivity contribution >= 4 is 5.97 Å². The van der Waals surface area contributed by atoms with E-state index in [1.54, 1.807) is 0 Å². The van der Waals surface area contributed by atoms with Gasteiger partial charge in [-0.25, -0.2) is 0 Å². The highest BCUT2D eigenvalue weighted by molar-refractivity contribution is 5.76. The highest BCUT2D eigenvalue weighted by Crippen LogP contribution is 2.25. The fraction of sp³-hybridized carbons (Fsp3) is 0.923. The first-order valence-corrected chi connectivity index (χ1v) is 6.27. The van der Waals surface area contributed by atoms with Crippen molar-refractivity contribution in [2.75, 3.05) is 20.2 Å². The lowest BCUT2D eigenvalue weighted by Gasteiger charge is -2.40. The third-order valence-electron chi connectivity index (χ3n) is 3.36. The largest absolute Gasteiger partial charge is 0.468 e. The molecule has 0 bridgehead atoms. The molecule has 0 spiro atoms. The maximum absolute atomic E-state index is 11.8. The lowest BCUT2D eigenvalue weighted by molar-refractivity contribution is -0.150. The second-order valence-electron chi connectivity index (χ2n) is 5.61. The SMILES string of the molecule is COC(=O)[C@@H](C(C)C)N1C[C@H](C)C[C@H](C)C1. The molecule has 3 heteroatoms. The lowest BCUT2D eigenvalue weighted by atomic mass is 9.89. The Morgan fingerprint density at radius 1 is 1.25 bits per heavy atom. The van der Waals surface area contributed by atoms with E-state index in [2.05, 4.69) is 32.6 Å². The van der Waals surface area contributed by atoms with Crippen LogP contribution in [0.25, 0.3) is 0 Å². The third kappa shape index (κ3) is 3.21. The maximum Gasteiger partial charge on any atom is 0.323 e. The molecule has 1 heterocycles. The second kappa shape index (κ2) is 5.67. The van der Waals surface area contributed by atoms with Crippen molar-refractivity contribution in [2.45, 2.75) is 40.2 Å². The first kappa shape index (κ1) is 13.5. The fourth-order valence-corrected chi connectivity index (χ4v) is 2.90. The molecule has 0 aromatic carbocycles. The summed E-state index contributed by atoms with van der Waals surface area (Å²) in [6.07, 6.45) is 1.27. The van der Waals surface area contributed by atoms with Gasteiger partial charge < -0.3 is 4.74 Å². The standard InChI is InChI=1S/C13H25NO2/c1-9(2)12(13(15)16-5)14-7-10(3)6-11(4)8-14/h9-12H,6-8H2,1-5H3/t10-,11+,12-/m1/s1. The Balaban J connectivity index is 2.74. The summed E-state index contributed by atoms with van der Waals surface area (Å²) >= 11 is 0. The number of carbonyl (C=O) groups is 1. The molecule has 3 nitrogen and oxygen atoms in total. The molecule has 1 aliphatic heterocycles. The summed E-state index contributed by atoms with van der Waals surface area (Å²) in [5.74, 6) is 1.57. The number of carbonyl (C=O) groups excluding carboxylic acids is 1. The zero-order chi connectivity index (χ0) is 12.3. The van der Waals surface area contributed by atoms with E-state index in [1.165, 1.54) is 13.5 Å². The van der Waals surface area contributed by atoms with Gasteiger partial charge in [0.15, 0.2) is 0 Å². The van der Waals surface area contributed by atoms with Crippen LogP contribution in [0.15, 0.2) is 0 Å². The van der Waals surface area contributed by atoms with E-state index in [0.717, 1.165) is 13.1 Å². The van der Waals surface area contributed by atoms with Crippen LogP contribution >= 0.6 is 0 Å². The predicted octanol–water partition coefficient (Wildman–Crippen LogP) is 2.16. The average molecular weight is 227 g/mol. The van der Waals surface area contributed by atoms with Crippen LogP contribution in [0.4, 0.5) is 0 Å². The number of piperidine rings is 1. The van der Waals surface area contributed by atoms with Gasteiger partial charge in [-0.2, -0.15) is 0 Å². The molecule has 0 radical (unpaired) electrons. The molecule has 0 saturated carbocycles. The van der Waals surface area contributed by atoms with Crippen molar-refractivity contribution in [1.82, 2.24) is 4.90 Å². The van der Waals surface area contributed by atoms with Crippen molar-refractivity contribution in [1.29, 1.82) is 0 Å².